The maximum absolute atomic E-state index is 14.3. The van der Waals surface area contributed by atoms with Crippen molar-refractivity contribution in [2.24, 2.45) is 5.41 Å². The van der Waals surface area contributed by atoms with Crippen molar-refractivity contribution in [3.05, 3.63) is 87.5 Å². The van der Waals surface area contributed by atoms with E-state index in [0.29, 0.717) is 18.5 Å². The normalized spacial score (nSPS) is 16.9. The van der Waals surface area contributed by atoms with Gasteiger partial charge in [-0.25, -0.2) is 4.98 Å². The number of likely N-dealkylation sites (tertiary alicyclic amines) is 1. The van der Waals surface area contributed by atoms with Gasteiger partial charge in [-0.3, -0.25) is 14.2 Å². The number of benzene rings is 2. The van der Waals surface area contributed by atoms with Gasteiger partial charge in [0.2, 0.25) is 5.91 Å². The second-order valence-corrected chi connectivity index (χ2v) is 14.4. The third-order valence-electron chi connectivity index (χ3n) is 7.59. The average Bonchev–Trinajstić information content (AvgIpc) is 3.69. The summed E-state index contributed by atoms with van der Waals surface area (Å²) in [6, 6.07) is 13.3. The van der Waals surface area contributed by atoms with E-state index in [4.69, 9.17) is 14.8 Å². The molecule has 0 aliphatic carbocycles. The summed E-state index contributed by atoms with van der Waals surface area (Å²) in [6.07, 6.45) is 2.26. The van der Waals surface area contributed by atoms with Gasteiger partial charge in [-0.1, -0.05) is 57.2 Å². The summed E-state index contributed by atoms with van der Waals surface area (Å²) in [5, 5.41) is 5.88. The van der Waals surface area contributed by atoms with Crippen LogP contribution in [0.3, 0.4) is 0 Å². The SMILES string of the molecule is CC(C)(C)C(NC(=O)c1cc2cc(C(F)(F)P(=O)(O)O)ccc2[nH]1)C(=O)N1CCCC1c1nc(Cc2ccccc2)cs1. The van der Waals surface area contributed by atoms with Crippen molar-refractivity contribution in [3.8, 4) is 0 Å². The number of amides is 2. The van der Waals surface area contributed by atoms with Crippen molar-refractivity contribution in [3.63, 3.8) is 0 Å². The van der Waals surface area contributed by atoms with Crippen molar-refractivity contribution < 1.29 is 32.7 Å². The van der Waals surface area contributed by atoms with Crippen molar-refractivity contribution in [2.75, 3.05) is 6.54 Å². The number of nitrogens with one attached hydrogen (secondary N) is 2. The van der Waals surface area contributed by atoms with Crippen LogP contribution < -0.4 is 5.32 Å². The Balaban J connectivity index is 1.34. The number of nitrogens with zero attached hydrogens (tertiary/aromatic N) is 2. The molecule has 0 bridgehead atoms. The number of halogens is 2. The number of hydrogen-bond acceptors (Lipinski definition) is 5. The van der Waals surface area contributed by atoms with Crippen LogP contribution in [0.5, 0.6) is 0 Å². The first-order valence-electron chi connectivity index (χ1n) is 13.8. The third kappa shape index (κ3) is 6.43. The van der Waals surface area contributed by atoms with Gasteiger partial charge in [0.1, 0.15) is 16.7 Å². The summed E-state index contributed by atoms with van der Waals surface area (Å²) in [4.78, 5) is 55.0. The van der Waals surface area contributed by atoms with Gasteiger partial charge in [-0.05, 0) is 42.0 Å². The molecule has 228 valence electrons. The number of aromatic nitrogens is 2. The number of fused-ring (bicyclic) bond motifs is 1. The molecule has 0 radical (unpaired) electrons. The van der Waals surface area contributed by atoms with E-state index in [1.165, 1.54) is 23.5 Å². The lowest BCUT2D eigenvalue weighted by atomic mass is 9.85. The molecule has 5 rings (SSSR count). The minimum Gasteiger partial charge on any atom is -0.351 e. The number of hydrogen-bond donors (Lipinski definition) is 4. The Morgan fingerprint density at radius 2 is 1.88 bits per heavy atom. The fourth-order valence-electron chi connectivity index (χ4n) is 5.28. The number of H-pyrrole nitrogens is 1. The molecule has 2 amide bonds. The zero-order chi connectivity index (χ0) is 31.2. The van der Waals surface area contributed by atoms with Gasteiger partial charge >= 0.3 is 13.3 Å². The summed E-state index contributed by atoms with van der Waals surface area (Å²) >= 11 is 1.52. The van der Waals surface area contributed by atoms with Gasteiger partial charge < -0.3 is 25.0 Å². The molecule has 0 saturated carbocycles. The number of thiazole rings is 1. The van der Waals surface area contributed by atoms with Crippen LogP contribution in [0.1, 0.15) is 72.0 Å². The third-order valence-corrected chi connectivity index (χ3v) is 9.57. The Kier molecular flexibility index (Phi) is 8.34. The lowest BCUT2D eigenvalue weighted by Gasteiger charge is -2.35. The van der Waals surface area contributed by atoms with E-state index in [-0.39, 0.29) is 23.0 Å². The predicted molar refractivity (Wildman–Crippen MR) is 160 cm³/mol. The zero-order valence-electron chi connectivity index (χ0n) is 23.9. The van der Waals surface area contributed by atoms with Crippen LogP contribution in [0.4, 0.5) is 8.78 Å². The summed E-state index contributed by atoms with van der Waals surface area (Å²) in [5.41, 5.74) is -3.47. The predicted octanol–water partition coefficient (Wildman–Crippen LogP) is 5.95. The number of carbonyl (C=O) groups excluding carboxylic acids is 2. The lowest BCUT2D eigenvalue weighted by Crippen LogP contribution is -2.54. The molecule has 2 unspecified atom stereocenters. The highest BCUT2D eigenvalue weighted by Crippen LogP contribution is 2.59. The van der Waals surface area contributed by atoms with Crippen LogP contribution in [0.25, 0.3) is 10.9 Å². The molecule has 1 saturated heterocycles. The molecular weight excluding hydrogens is 597 g/mol. The van der Waals surface area contributed by atoms with Crippen molar-refractivity contribution in [2.45, 2.75) is 57.8 Å². The maximum atomic E-state index is 14.3. The molecular formula is C30H33F2N4O5PS. The monoisotopic (exact) mass is 630 g/mol. The molecule has 3 heterocycles. The molecule has 0 spiro atoms. The first-order chi connectivity index (χ1) is 20.1. The van der Waals surface area contributed by atoms with E-state index in [1.54, 1.807) is 4.90 Å². The quantitative estimate of drug-likeness (QED) is 0.178. The maximum Gasteiger partial charge on any atom is 0.399 e. The molecule has 9 nitrogen and oxygen atoms in total. The Bertz CT molecular complexity index is 1700. The van der Waals surface area contributed by atoms with Gasteiger partial charge in [0.15, 0.2) is 0 Å². The van der Waals surface area contributed by atoms with Gasteiger partial charge in [-0.15, -0.1) is 11.3 Å². The Morgan fingerprint density at radius 1 is 1.16 bits per heavy atom. The van der Waals surface area contributed by atoms with E-state index in [9.17, 15) is 22.9 Å². The topological polar surface area (TPSA) is 136 Å². The molecule has 1 aliphatic heterocycles. The molecule has 13 heteroatoms. The molecule has 2 aromatic carbocycles. The lowest BCUT2D eigenvalue weighted by molar-refractivity contribution is -0.136. The van der Waals surface area contributed by atoms with Crippen LogP contribution in [-0.2, 0) is 21.4 Å². The molecule has 1 aliphatic rings. The summed E-state index contributed by atoms with van der Waals surface area (Å²) in [6.45, 7) is 6.08. The highest BCUT2D eigenvalue weighted by molar-refractivity contribution is 7.52. The Morgan fingerprint density at radius 3 is 2.56 bits per heavy atom. The summed E-state index contributed by atoms with van der Waals surface area (Å²) < 4.78 is 39.8. The largest absolute Gasteiger partial charge is 0.399 e. The second kappa shape index (κ2) is 11.6. The fourth-order valence-corrected chi connectivity index (χ4v) is 6.72. The van der Waals surface area contributed by atoms with E-state index >= 15 is 0 Å². The van der Waals surface area contributed by atoms with E-state index in [2.05, 4.69) is 10.3 Å². The minimum atomic E-state index is -5.75. The van der Waals surface area contributed by atoms with E-state index < -0.39 is 36.2 Å². The molecule has 2 atom stereocenters. The average molecular weight is 631 g/mol. The number of rotatable bonds is 8. The molecule has 1 fully saturated rings. The standard InChI is InChI=1S/C30H33F2N4O5PS/c1-29(2,3)25(35-26(37)23-16-19-15-20(11-12-22(19)34-23)30(31,32)42(39,40)41)28(38)36-13-7-10-24(36)27-33-21(17-43-27)14-18-8-5-4-6-9-18/h4-6,8-9,11-12,15-17,24-25,34H,7,10,13-14H2,1-3H3,(H,35,37)(H2,39,40,41). The van der Waals surface area contributed by atoms with Gasteiger partial charge in [-0.2, -0.15) is 8.78 Å². The van der Waals surface area contributed by atoms with E-state index in [0.717, 1.165) is 41.2 Å². The first-order valence-corrected chi connectivity index (χ1v) is 16.3. The molecule has 4 aromatic rings. The van der Waals surface area contributed by atoms with Gasteiger partial charge in [0.05, 0.1) is 11.7 Å². The minimum absolute atomic E-state index is 0.0251. The molecule has 43 heavy (non-hydrogen) atoms. The smallest absolute Gasteiger partial charge is 0.351 e. The van der Waals surface area contributed by atoms with Crippen LogP contribution in [-0.4, -0.2) is 49.1 Å². The number of aromatic amines is 1. The summed E-state index contributed by atoms with van der Waals surface area (Å²) in [5.74, 6) is -0.842. The van der Waals surface area contributed by atoms with Gasteiger partial charge in [0, 0.05) is 34.8 Å². The summed E-state index contributed by atoms with van der Waals surface area (Å²) in [7, 11) is -5.75. The van der Waals surface area contributed by atoms with Crippen molar-refractivity contribution in [1.29, 1.82) is 0 Å². The van der Waals surface area contributed by atoms with Crippen molar-refractivity contribution >= 4 is 41.6 Å². The fraction of sp³-hybridized carbons (Fsp3) is 0.367. The first kappa shape index (κ1) is 31.0. The molecule has 2 aromatic heterocycles. The number of carbonyl (C=O) groups is 2. The van der Waals surface area contributed by atoms with Crippen LogP contribution >= 0.6 is 18.9 Å². The Labute approximate surface area is 251 Å². The van der Waals surface area contributed by atoms with Crippen LogP contribution in [0.15, 0.2) is 60.0 Å². The van der Waals surface area contributed by atoms with Crippen LogP contribution in [0.2, 0.25) is 0 Å². The Hall–Kier alpha value is -3.44. The van der Waals surface area contributed by atoms with Gasteiger partial charge in [0.25, 0.3) is 5.91 Å². The highest BCUT2D eigenvalue weighted by Gasteiger charge is 2.50. The van der Waals surface area contributed by atoms with Crippen molar-refractivity contribution in [1.82, 2.24) is 20.2 Å². The molecule has 4 N–H and O–H groups in total. The second-order valence-electron chi connectivity index (χ2n) is 11.9. The zero-order valence-corrected chi connectivity index (χ0v) is 25.6. The van der Waals surface area contributed by atoms with E-state index in [1.807, 2.05) is 56.5 Å². The van der Waals surface area contributed by atoms with Crippen LogP contribution in [0, 0.1) is 5.41 Å². The number of alkyl halides is 2. The highest BCUT2D eigenvalue weighted by atomic mass is 32.1.